The number of aliphatic hydroxyl groups is 1. The van der Waals surface area contributed by atoms with E-state index in [0.717, 1.165) is 9.37 Å². The van der Waals surface area contributed by atoms with Crippen molar-refractivity contribution in [3.05, 3.63) is 40.5 Å². The first-order valence-electron chi connectivity index (χ1n) is 5.28. The minimum absolute atomic E-state index is 0.0709. The van der Waals surface area contributed by atoms with E-state index in [1.165, 1.54) is 0 Å². The van der Waals surface area contributed by atoms with Crippen molar-refractivity contribution < 1.29 is 9.63 Å². The van der Waals surface area contributed by atoms with Crippen molar-refractivity contribution in [3.8, 4) is 0 Å². The van der Waals surface area contributed by atoms with Crippen LogP contribution in [0.4, 0.5) is 0 Å². The summed E-state index contributed by atoms with van der Waals surface area (Å²) in [6.45, 7) is 0.0709. The average molecular weight is 330 g/mol. The van der Waals surface area contributed by atoms with Crippen LogP contribution in [0.15, 0.2) is 38.2 Å². The molecule has 2 rings (SSSR count). The Kier molecular flexibility index (Phi) is 4.76. The SMILES string of the molecule is NCC(O)c1nc(CSc2ccc(Br)cc2)no1. The molecule has 18 heavy (non-hydrogen) atoms. The van der Waals surface area contributed by atoms with E-state index in [1.54, 1.807) is 11.8 Å². The van der Waals surface area contributed by atoms with Gasteiger partial charge in [-0.1, -0.05) is 21.1 Å². The van der Waals surface area contributed by atoms with Gasteiger partial charge < -0.3 is 15.4 Å². The predicted molar refractivity (Wildman–Crippen MR) is 72.0 cm³/mol. The molecule has 0 aliphatic carbocycles. The highest BCUT2D eigenvalue weighted by atomic mass is 79.9. The lowest BCUT2D eigenvalue weighted by molar-refractivity contribution is 0.141. The number of nitrogens with two attached hydrogens (primary N) is 1. The average Bonchev–Trinajstić information content (AvgIpc) is 2.86. The fraction of sp³-hybridized carbons (Fsp3) is 0.273. The molecule has 1 atom stereocenters. The Hall–Kier alpha value is -0.890. The third-order valence-corrected chi connectivity index (χ3v) is 3.71. The van der Waals surface area contributed by atoms with Crippen LogP contribution in [0.2, 0.25) is 0 Å². The molecule has 5 nitrogen and oxygen atoms in total. The smallest absolute Gasteiger partial charge is 0.256 e. The zero-order valence-corrected chi connectivity index (χ0v) is 11.8. The fourth-order valence-electron chi connectivity index (χ4n) is 1.24. The van der Waals surface area contributed by atoms with Crippen LogP contribution in [0.5, 0.6) is 0 Å². The van der Waals surface area contributed by atoms with Gasteiger partial charge in [-0.15, -0.1) is 11.8 Å². The molecule has 1 heterocycles. The normalized spacial score (nSPS) is 12.6. The van der Waals surface area contributed by atoms with E-state index in [-0.39, 0.29) is 12.4 Å². The zero-order chi connectivity index (χ0) is 13.0. The summed E-state index contributed by atoms with van der Waals surface area (Å²) in [5, 5.41) is 13.2. The lowest BCUT2D eigenvalue weighted by Gasteiger charge is -1.99. The summed E-state index contributed by atoms with van der Waals surface area (Å²) in [5.41, 5.74) is 5.31. The maximum absolute atomic E-state index is 9.43. The van der Waals surface area contributed by atoms with Gasteiger partial charge in [-0.3, -0.25) is 0 Å². The molecule has 0 saturated heterocycles. The molecule has 1 aromatic heterocycles. The Bertz CT molecular complexity index is 503. The first-order valence-corrected chi connectivity index (χ1v) is 7.06. The summed E-state index contributed by atoms with van der Waals surface area (Å²) in [4.78, 5) is 5.19. The van der Waals surface area contributed by atoms with E-state index in [1.807, 2.05) is 24.3 Å². The van der Waals surface area contributed by atoms with Gasteiger partial charge in [0, 0.05) is 15.9 Å². The number of thioether (sulfide) groups is 1. The van der Waals surface area contributed by atoms with Crippen LogP contribution in [0, 0.1) is 0 Å². The summed E-state index contributed by atoms with van der Waals surface area (Å²) in [6.07, 6.45) is -0.885. The summed E-state index contributed by atoms with van der Waals surface area (Å²) in [5.74, 6) is 1.30. The molecule has 96 valence electrons. The summed E-state index contributed by atoms with van der Waals surface area (Å²) >= 11 is 4.98. The maximum atomic E-state index is 9.43. The minimum atomic E-state index is -0.885. The molecule has 3 N–H and O–H groups in total. The molecule has 0 amide bonds. The van der Waals surface area contributed by atoms with Gasteiger partial charge in [0.2, 0.25) is 0 Å². The summed E-state index contributed by atoms with van der Waals surface area (Å²) in [6, 6.07) is 7.96. The van der Waals surface area contributed by atoms with Crippen molar-refractivity contribution in [1.82, 2.24) is 10.1 Å². The molecule has 0 radical (unpaired) electrons. The number of nitrogens with zero attached hydrogens (tertiary/aromatic N) is 2. The molecule has 0 saturated carbocycles. The van der Waals surface area contributed by atoms with E-state index < -0.39 is 6.10 Å². The van der Waals surface area contributed by atoms with Crippen LogP contribution in [0.3, 0.4) is 0 Å². The topological polar surface area (TPSA) is 85.2 Å². The van der Waals surface area contributed by atoms with Crippen LogP contribution in [0.25, 0.3) is 0 Å². The van der Waals surface area contributed by atoms with Crippen molar-refractivity contribution >= 4 is 27.7 Å². The third-order valence-electron chi connectivity index (χ3n) is 2.17. The van der Waals surface area contributed by atoms with Gasteiger partial charge in [0.05, 0.1) is 5.75 Å². The highest BCUT2D eigenvalue weighted by molar-refractivity contribution is 9.10. The molecule has 0 aliphatic rings. The van der Waals surface area contributed by atoms with Crippen LogP contribution in [-0.4, -0.2) is 21.8 Å². The molecule has 0 aliphatic heterocycles. The number of aliphatic hydroxyl groups excluding tert-OH is 1. The van der Waals surface area contributed by atoms with Crippen LogP contribution in [-0.2, 0) is 5.75 Å². The van der Waals surface area contributed by atoms with Crippen LogP contribution >= 0.6 is 27.7 Å². The molecule has 2 aromatic rings. The second-order valence-corrected chi connectivity index (χ2v) is 5.51. The Balaban J connectivity index is 1.94. The Morgan fingerprint density at radius 2 is 2.11 bits per heavy atom. The molecule has 7 heteroatoms. The quantitative estimate of drug-likeness (QED) is 0.817. The molecule has 1 unspecified atom stereocenters. The van der Waals surface area contributed by atoms with E-state index in [4.69, 9.17) is 10.3 Å². The van der Waals surface area contributed by atoms with Gasteiger partial charge in [-0.05, 0) is 24.3 Å². The second-order valence-electron chi connectivity index (χ2n) is 3.54. The Labute approximate surface area is 117 Å². The Morgan fingerprint density at radius 3 is 2.78 bits per heavy atom. The second kappa shape index (κ2) is 6.33. The maximum Gasteiger partial charge on any atom is 0.256 e. The largest absolute Gasteiger partial charge is 0.382 e. The summed E-state index contributed by atoms with van der Waals surface area (Å²) in [7, 11) is 0. The highest BCUT2D eigenvalue weighted by Crippen LogP contribution is 2.23. The molecule has 1 aromatic carbocycles. The van der Waals surface area contributed by atoms with Gasteiger partial charge in [0.15, 0.2) is 5.82 Å². The number of hydrogen-bond acceptors (Lipinski definition) is 6. The molecule has 0 bridgehead atoms. The van der Waals surface area contributed by atoms with E-state index in [0.29, 0.717) is 11.6 Å². The first kappa shape index (κ1) is 13.5. The standard InChI is InChI=1S/C11H12BrN3O2S/c12-7-1-3-8(4-2-7)18-6-10-14-11(17-15-10)9(16)5-13/h1-4,9,16H,5-6,13H2. The van der Waals surface area contributed by atoms with Crippen molar-refractivity contribution in [2.24, 2.45) is 5.73 Å². The number of halogens is 1. The van der Waals surface area contributed by atoms with Gasteiger partial charge in [-0.25, -0.2) is 0 Å². The minimum Gasteiger partial charge on any atom is -0.382 e. The Morgan fingerprint density at radius 1 is 1.39 bits per heavy atom. The third kappa shape index (κ3) is 3.55. The summed E-state index contributed by atoms with van der Waals surface area (Å²) < 4.78 is 5.95. The lowest BCUT2D eigenvalue weighted by atomic mass is 10.4. The van der Waals surface area contributed by atoms with Gasteiger partial charge >= 0.3 is 0 Å². The lowest BCUT2D eigenvalue weighted by Crippen LogP contribution is -2.11. The van der Waals surface area contributed by atoms with Gasteiger partial charge in [-0.2, -0.15) is 4.98 Å². The molecule has 0 fully saturated rings. The van der Waals surface area contributed by atoms with Crippen LogP contribution in [0.1, 0.15) is 17.8 Å². The van der Waals surface area contributed by atoms with Crippen molar-refractivity contribution in [3.63, 3.8) is 0 Å². The number of benzene rings is 1. The molecule has 0 spiro atoms. The van der Waals surface area contributed by atoms with Crippen molar-refractivity contribution in [2.75, 3.05) is 6.54 Å². The van der Waals surface area contributed by atoms with Crippen LogP contribution < -0.4 is 5.73 Å². The van der Waals surface area contributed by atoms with Crippen molar-refractivity contribution in [2.45, 2.75) is 16.8 Å². The fourth-order valence-corrected chi connectivity index (χ4v) is 2.25. The van der Waals surface area contributed by atoms with Crippen molar-refractivity contribution in [1.29, 1.82) is 0 Å². The molecular weight excluding hydrogens is 318 g/mol. The first-order chi connectivity index (χ1) is 8.69. The van der Waals surface area contributed by atoms with E-state index in [9.17, 15) is 5.11 Å². The van der Waals surface area contributed by atoms with E-state index in [2.05, 4.69) is 26.1 Å². The number of aromatic nitrogens is 2. The van der Waals surface area contributed by atoms with Gasteiger partial charge in [0.25, 0.3) is 5.89 Å². The van der Waals surface area contributed by atoms with E-state index >= 15 is 0 Å². The number of hydrogen-bond donors (Lipinski definition) is 2. The zero-order valence-electron chi connectivity index (χ0n) is 9.41. The number of rotatable bonds is 5. The monoisotopic (exact) mass is 329 g/mol. The van der Waals surface area contributed by atoms with Gasteiger partial charge in [0.1, 0.15) is 6.10 Å². The molecular formula is C11H12BrN3O2S. The predicted octanol–water partition coefficient (Wildman–Crippen LogP) is 2.12. The highest BCUT2D eigenvalue weighted by Gasteiger charge is 2.14.